The average Bonchev–Trinajstić information content (AvgIpc) is 2.46. The minimum Gasteiger partial charge on any atom is -0.344 e. The standard InChI is InChI=1S/C13H13BN2/c1-16-12-5-3-9(14)2-4-10(12)11-8-15-7-6-13(11)16/h2-9H,14H2,1H3. The van der Waals surface area contributed by atoms with E-state index in [1.807, 2.05) is 12.4 Å². The van der Waals surface area contributed by atoms with Crippen LogP contribution in [0.3, 0.4) is 0 Å². The molecule has 2 nitrogen and oxygen atoms in total. The molecule has 0 aliphatic heterocycles. The summed E-state index contributed by atoms with van der Waals surface area (Å²) in [4.78, 5) is 4.21. The maximum atomic E-state index is 4.21. The first-order chi connectivity index (χ1) is 7.77. The van der Waals surface area contributed by atoms with Crippen LogP contribution >= 0.6 is 0 Å². The van der Waals surface area contributed by atoms with Crippen molar-refractivity contribution in [2.75, 3.05) is 0 Å². The Kier molecular flexibility index (Phi) is 1.99. The van der Waals surface area contributed by atoms with E-state index in [1.165, 1.54) is 22.2 Å². The van der Waals surface area contributed by atoms with Crippen molar-refractivity contribution < 1.29 is 0 Å². The molecule has 1 aliphatic carbocycles. The molecule has 78 valence electrons. The van der Waals surface area contributed by atoms with E-state index in [9.17, 15) is 0 Å². The van der Waals surface area contributed by atoms with Crippen molar-refractivity contribution in [2.24, 2.45) is 7.05 Å². The lowest BCUT2D eigenvalue weighted by Crippen LogP contribution is -1.90. The zero-order chi connectivity index (χ0) is 11.1. The SMILES string of the molecule is BC1C=Cc2c(n(C)c3ccncc23)C=C1. The Labute approximate surface area is 95.7 Å². The van der Waals surface area contributed by atoms with E-state index < -0.39 is 0 Å². The molecule has 1 atom stereocenters. The summed E-state index contributed by atoms with van der Waals surface area (Å²) in [6, 6.07) is 2.06. The predicted octanol–water partition coefficient (Wildman–Crippen LogP) is 2.03. The summed E-state index contributed by atoms with van der Waals surface area (Å²) in [5.74, 6) is 0.499. The fourth-order valence-electron chi connectivity index (χ4n) is 2.27. The normalized spacial score (nSPS) is 18.7. The zero-order valence-electron chi connectivity index (χ0n) is 9.51. The van der Waals surface area contributed by atoms with Crippen molar-refractivity contribution in [3.63, 3.8) is 0 Å². The molecule has 3 rings (SSSR count). The van der Waals surface area contributed by atoms with Gasteiger partial charge in [-0.3, -0.25) is 4.98 Å². The maximum Gasteiger partial charge on any atom is 0.115 e. The highest BCUT2D eigenvalue weighted by molar-refractivity contribution is 6.15. The number of pyridine rings is 1. The van der Waals surface area contributed by atoms with Crippen molar-refractivity contribution in [3.8, 4) is 0 Å². The molecular formula is C13H13BN2. The van der Waals surface area contributed by atoms with Gasteiger partial charge in [0.15, 0.2) is 0 Å². The van der Waals surface area contributed by atoms with Gasteiger partial charge >= 0.3 is 0 Å². The highest BCUT2D eigenvalue weighted by Crippen LogP contribution is 2.29. The lowest BCUT2D eigenvalue weighted by molar-refractivity contribution is 0.952. The van der Waals surface area contributed by atoms with Crippen molar-refractivity contribution in [2.45, 2.75) is 5.82 Å². The molecule has 0 N–H and O–H groups in total. The minimum atomic E-state index is 0.499. The summed E-state index contributed by atoms with van der Waals surface area (Å²) in [7, 11) is 4.30. The molecule has 0 saturated carbocycles. The molecule has 2 aromatic rings. The summed E-state index contributed by atoms with van der Waals surface area (Å²) in [6.45, 7) is 0. The second-order valence-electron chi connectivity index (χ2n) is 4.33. The highest BCUT2D eigenvalue weighted by atomic mass is 14.9. The number of allylic oxidation sites excluding steroid dienone is 2. The summed E-state index contributed by atoms with van der Waals surface area (Å²) in [5, 5.41) is 1.23. The van der Waals surface area contributed by atoms with E-state index in [2.05, 4.69) is 54.8 Å². The first-order valence-electron chi connectivity index (χ1n) is 5.56. The van der Waals surface area contributed by atoms with Gasteiger partial charge in [-0.2, -0.15) is 0 Å². The molecule has 0 amide bonds. The van der Waals surface area contributed by atoms with E-state index in [-0.39, 0.29) is 0 Å². The van der Waals surface area contributed by atoms with Crippen LogP contribution in [0.1, 0.15) is 11.3 Å². The van der Waals surface area contributed by atoms with E-state index in [4.69, 9.17) is 0 Å². The number of fused-ring (bicyclic) bond motifs is 3. The molecule has 1 unspecified atom stereocenters. The monoisotopic (exact) mass is 208 g/mol. The molecule has 0 radical (unpaired) electrons. The summed E-state index contributed by atoms with van der Waals surface area (Å²) < 4.78 is 2.23. The Morgan fingerprint density at radius 1 is 1.31 bits per heavy atom. The lowest BCUT2D eigenvalue weighted by Gasteiger charge is -1.99. The van der Waals surface area contributed by atoms with Gasteiger partial charge in [-0.15, -0.1) is 0 Å². The van der Waals surface area contributed by atoms with E-state index in [0.717, 1.165) is 0 Å². The maximum absolute atomic E-state index is 4.21. The molecule has 2 aromatic heterocycles. The molecule has 2 heterocycles. The molecule has 0 fully saturated rings. The third kappa shape index (κ3) is 1.24. The van der Waals surface area contributed by atoms with Gasteiger partial charge in [0.2, 0.25) is 0 Å². The summed E-state index contributed by atoms with van der Waals surface area (Å²) in [6.07, 6.45) is 12.7. The van der Waals surface area contributed by atoms with E-state index in [0.29, 0.717) is 5.82 Å². The molecule has 0 spiro atoms. The van der Waals surface area contributed by atoms with Gasteiger partial charge in [0.1, 0.15) is 7.85 Å². The van der Waals surface area contributed by atoms with E-state index in [1.54, 1.807) is 0 Å². The van der Waals surface area contributed by atoms with Crippen LogP contribution in [0.25, 0.3) is 23.1 Å². The van der Waals surface area contributed by atoms with Crippen LogP contribution in [0.5, 0.6) is 0 Å². The predicted molar refractivity (Wildman–Crippen MR) is 71.1 cm³/mol. The first-order valence-corrected chi connectivity index (χ1v) is 5.56. The Morgan fingerprint density at radius 3 is 3.00 bits per heavy atom. The number of hydrogen-bond donors (Lipinski definition) is 0. The topological polar surface area (TPSA) is 17.8 Å². The smallest absolute Gasteiger partial charge is 0.115 e. The molecule has 0 saturated heterocycles. The van der Waals surface area contributed by atoms with Crippen LogP contribution in [-0.4, -0.2) is 17.4 Å². The van der Waals surface area contributed by atoms with Crippen molar-refractivity contribution >= 4 is 30.9 Å². The van der Waals surface area contributed by atoms with Crippen LogP contribution < -0.4 is 0 Å². The van der Waals surface area contributed by atoms with Crippen LogP contribution in [-0.2, 0) is 7.05 Å². The second kappa shape index (κ2) is 3.37. The Hall–Kier alpha value is -1.77. The average molecular weight is 208 g/mol. The number of rotatable bonds is 0. The fraction of sp³-hybridized carbons (Fsp3) is 0.154. The summed E-state index contributed by atoms with van der Waals surface area (Å²) in [5.41, 5.74) is 3.79. The fourth-order valence-corrected chi connectivity index (χ4v) is 2.27. The van der Waals surface area contributed by atoms with Crippen LogP contribution in [0.15, 0.2) is 30.6 Å². The number of nitrogens with zero attached hydrogens (tertiary/aromatic N) is 2. The largest absolute Gasteiger partial charge is 0.344 e. The Bertz CT molecular complexity index is 608. The van der Waals surface area contributed by atoms with Gasteiger partial charge in [-0.1, -0.05) is 18.2 Å². The third-order valence-corrected chi connectivity index (χ3v) is 3.21. The molecule has 0 aromatic carbocycles. The Morgan fingerprint density at radius 2 is 2.12 bits per heavy atom. The number of aryl methyl sites for hydroxylation is 1. The molecule has 1 aliphatic rings. The first kappa shape index (κ1) is 9.46. The van der Waals surface area contributed by atoms with Gasteiger partial charge in [-0.25, -0.2) is 0 Å². The number of hydrogen-bond acceptors (Lipinski definition) is 1. The van der Waals surface area contributed by atoms with Crippen molar-refractivity contribution in [3.05, 3.63) is 41.9 Å². The lowest BCUT2D eigenvalue weighted by atomic mass is 9.87. The highest BCUT2D eigenvalue weighted by Gasteiger charge is 2.12. The van der Waals surface area contributed by atoms with Crippen molar-refractivity contribution in [1.29, 1.82) is 0 Å². The number of aromatic nitrogens is 2. The Balaban J connectivity index is 2.40. The molecule has 3 heteroatoms. The van der Waals surface area contributed by atoms with Crippen LogP contribution in [0, 0.1) is 0 Å². The van der Waals surface area contributed by atoms with E-state index >= 15 is 0 Å². The van der Waals surface area contributed by atoms with Crippen LogP contribution in [0.4, 0.5) is 0 Å². The molecular weight excluding hydrogens is 195 g/mol. The van der Waals surface area contributed by atoms with Crippen LogP contribution in [0.2, 0.25) is 5.82 Å². The van der Waals surface area contributed by atoms with Gasteiger partial charge < -0.3 is 4.57 Å². The molecule has 0 bridgehead atoms. The van der Waals surface area contributed by atoms with Gasteiger partial charge in [-0.05, 0) is 18.0 Å². The van der Waals surface area contributed by atoms with Gasteiger partial charge in [0.25, 0.3) is 0 Å². The summed E-state index contributed by atoms with van der Waals surface area (Å²) >= 11 is 0. The second-order valence-corrected chi connectivity index (χ2v) is 4.33. The quantitative estimate of drug-likeness (QED) is 0.605. The third-order valence-electron chi connectivity index (χ3n) is 3.21. The minimum absolute atomic E-state index is 0.499. The molecule has 16 heavy (non-hydrogen) atoms. The van der Waals surface area contributed by atoms with Gasteiger partial charge in [0.05, 0.1) is 5.52 Å². The zero-order valence-corrected chi connectivity index (χ0v) is 9.51. The van der Waals surface area contributed by atoms with Gasteiger partial charge in [0, 0.05) is 36.1 Å². The van der Waals surface area contributed by atoms with Crippen molar-refractivity contribution in [1.82, 2.24) is 9.55 Å².